The summed E-state index contributed by atoms with van der Waals surface area (Å²) in [6, 6.07) is 10.2. The van der Waals surface area contributed by atoms with Crippen molar-refractivity contribution in [3.8, 4) is 0 Å². The summed E-state index contributed by atoms with van der Waals surface area (Å²) in [6.45, 7) is 13.0. The molecule has 1 unspecified atom stereocenters. The Morgan fingerprint density at radius 2 is 1.58 bits per heavy atom. The molecule has 0 aliphatic carbocycles. The molecule has 36 heavy (non-hydrogen) atoms. The lowest BCUT2D eigenvalue weighted by Crippen LogP contribution is -2.47. The van der Waals surface area contributed by atoms with E-state index < -0.39 is 17.7 Å². The van der Waals surface area contributed by atoms with Gasteiger partial charge in [-0.05, 0) is 76.3 Å². The molecule has 0 bridgehead atoms. The predicted molar refractivity (Wildman–Crippen MR) is 144 cm³/mol. The Hall–Kier alpha value is -3.06. The maximum absolute atomic E-state index is 13.9. The van der Waals surface area contributed by atoms with Crippen molar-refractivity contribution < 1.29 is 19.1 Å². The van der Waals surface area contributed by atoms with E-state index in [0.717, 1.165) is 28.7 Å². The minimum atomic E-state index is -0.915. The third-order valence-corrected chi connectivity index (χ3v) is 6.02. The summed E-state index contributed by atoms with van der Waals surface area (Å²) in [4.78, 5) is 41.1. The fourth-order valence-corrected chi connectivity index (χ4v) is 4.23. The van der Waals surface area contributed by atoms with E-state index in [-0.39, 0.29) is 18.4 Å². The largest absolute Gasteiger partial charge is 0.444 e. The number of unbranched alkanes of at least 4 members (excludes halogenated alkanes) is 1. The number of ether oxygens (including phenoxy) is 1. The van der Waals surface area contributed by atoms with Crippen LogP contribution in [-0.2, 0) is 14.3 Å². The average molecular weight is 516 g/mol. The molecule has 0 radical (unpaired) electrons. The first-order chi connectivity index (χ1) is 16.9. The van der Waals surface area contributed by atoms with Gasteiger partial charge >= 0.3 is 6.09 Å². The molecule has 0 spiro atoms. The van der Waals surface area contributed by atoms with Crippen LogP contribution in [0.2, 0.25) is 5.02 Å². The van der Waals surface area contributed by atoms with Gasteiger partial charge in [-0.25, -0.2) is 4.79 Å². The number of aryl methyl sites for hydroxylation is 3. The summed E-state index contributed by atoms with van der Waals surface area (Å²) in [5, 5.41) is 5.91. The molecular weight excluding hydrogens is 478 g/mol. The number of benzene rings is 2. The Morgan fingerprint density at radius 1 is 1.00 bits per heavy atom. The van der Waals surface area contributed by atoms with Gasteiger partial charge < -0.3 is 20.3 Å². The number of carbonyl (C=O) groups is 3. The van der Waals surface area contributed by atoms with Gasteiger partial charge in [0.1, 0.15) is 18.2 Å². The van der Waals surface area contributed by atoms with E-state index in [1.807, 2.05) is 58.0 Å². The molecule has 2 aromatic rings. The molecule has 2 rings (SSSR count). The number of halogens is 1. The SMILES string of the molecule is CCCCN(C(=O)CNC(=O)OC(C)(C)C)C(C(=O)Nc1c(C)cccc1Cl)c1c(C)cccc1C. The van der Waals surface area contributed by atoms with Crippen molar-refractivity contribution in [1.29, 1.82) is 0 Å². The first kappa shape index (κ1) is 29.2. The molecule has 7 nitrogen and oxygen atoms in total. The number of para-hydroxylation sites is 1. The molecule has 0 fully saturated rings. The molecule has 196 valence electrons. The number of alkyl carbamates (subject to hydrolysis) is 1. The van der Waals surface area contributed by atoms with Gasteiger partial charge in [0.2, 0.25) is 5.91 Å². The standard InChI is InChI=1S/C28H38ClN3O4/c1-8-9-16-32(22(33)17-30-27(35)36-28(5,6)7)25(23-18(2)12-10-13-19(23)3)26(34)31-24-20(4)14-11-15-21(24)29/h10-15,25H,8-9,16-17H2,1-7H3,(H,30,35)(H,31,34). The van der Waals surface area contributed by atoms with Crippen LogP contribution in [0.5, 0.6) is 0 Å². The highest BCUT2D eigenvalue weighted by Gasteiger charge is 2.34. The van der Waals surface area contributed by atoms with Gasteiger partial charge in [-0.15, -0.1) is 0 Å². The number of nitrogens with zero attached hydrogens (tertiary/aromatic N) is 1. The first-order valence-corrected chi connectivity index (χ1v) is 12.6. The average Bonchev–Trinajstić information content (AvgIpc) is 2.77. The molecule has 0 aliphatic heterocycles. The highest BCUT2D eigenvalue weighted by Crippen LogP contribution is 2.32. The van der Waals surface area contributed by atoms with Crippen LogP contribution >= 0.6 is 11.6 Å². The lowest BCUT2D eigenvalue weighted by molar-refractivity contribution is -0.138. The number of anilines is 1. The molecule has 0 aromatic heterocycles. The second kappa shape index (κ2) is 12.8. The van der Waals surface area contributed by atoms with Crippen LogP contribution in [0.4, 0.5) is 10.5 Å². The molecule has 2 N–H and O–H groups in total. The van der Waals surface area contributed by atoms with Crippen LogP contribution in [0.15, 0.2) is 36.4 Å². The monoisotopic (exact) mass is 515 g/mol. The Balaban J connectivity index is 2.47. The fraction of sp³-hybridized carbons (Fsp3) is 0.464. The van der Waals surface area contributed by atoms with Crippen LogP contribution in [0.1, 0.15) is 68.8 Å². The second-order valence-electron chi connectivity index (χ2n) is 9.93. The van der Waals surface area contributed by atoms with E-state index in [4.69, 9.17) is 16.3 Å². The summed E-state index contributed by atoms with van der Waals surface area (Å²) in [5.41, 5.74) is 3.16. The van der Waals surface area contributed by atoms with E-state index in [2.05, 4.69) is 10.6 Å². The first-order valence-electron chi connectivity index (χ1n) is 12.2. The van der Waals surface area contributed by atoms with Crippen molar-refractivity contribution in [2.75, 3.05) is 18.4 Å². The third-order valence-electron chi connectivity index (χ3n) is 5.70. The van der Waals surface area contributed by atoms with Crippen molar-refractivity contribution >= 4 is 35.2 Å². The minimum absolute atomic E-state index is 0.293. The van der Waals surface area contributed by atoms with Crippen molar-refractivity contribution in [3.63, 3.8) is 0 Å². The molecule has 8 heteroatoms. The highest BCUT2D eigenvalue weighted by molar-refractivity contribution is 6.34. The van der Waals surface area contributed by atoms with Gasteiger partial charge in [0.15, 0.2) is 0 Å². The van der Waals surface area contributed by atoms with Crippen LogP contribution in [0.3, 0.4) is 0 Å². The number of nitrogens with one attached hydrogen (secondary N) is 2. The summed E-state index contributed by atoms with van der Waals surface area (Å²) in [6.07, 6.45) is 0.831. The fourth-order valence-electron chi connectivity index (χ4n) is 3.96. The molecule has 0 saturated heterocycles. The Kier molecular flexibility index (Phi) is 10.3. The second-order valence-corrected chi connectivity index (χ2v) is 10.3. The lowest BCUT2D eigenvalue weighted by Gasteiger charge is -2.33. The maximum Gasteiger partial charge on any atom is 0.408 e. The summed E-state index contributed by atoms with van der Waals surface area (Å²) < 4.78 is 5.27. The topological polar surface area (TPSA) is 87.7 Å². The van der Waals surface area contributed by atoms with E-state index in [9.17, 15) is 14.4 Å². The van der Waals surface area contributed by atoms with Crippen LogP contribution in [-0.4, -0.2) is 41.5 Å². The van der Waals surface area contributed by atoms with Gasteiger partial charge in [-0.2, -0.15) is 0 Å². The minimum Gasteiger partial charge on any atom is -0.444 e. The smallest absolute Gasteiger partial charge is 0.408 e. The zero-order valence-electron chi connectivity index (χ0n) is 22.3. The van der Waals surface area contributed by atoms with Gasteiger partial charge in [-0.1, -0.05) is 55.3 Å². The molecule has 0 saturated carbocycles. The zero-order valence-corrected chi connectivity index (χ0v) is 23.1. The Morgan fingerprint density at radius 3 is 2.14 bits per heavy atom. The van der Waals surface area contributed by atoms with E-state index >= 15 is 0 Å². The number of amides is 3. The molecule has 3 amide bonds. The van der Waals surface area contributed by atoms with Crippen LogP contribution in [0, 0.1) is 20.8 Å². The third kappa shape index (κ3) is 7.98. The van der Waals surface area contributed by atoms with Crippen molar-refractivity contribution in [1.82, 2.24) is 10.2 Å². The number of hydrogen-bond donors (Lipinski definition) is 2. The zero-order chi connectivity index (χ0) is 27.0. The molecular formula is C28H38ClN3O4. The maximum atomic E-state index is 13.9. The summed E-state index contributed by atoms with van der Waals surface area (Å²) in [5.74, 6) is -0.752. The van der Waals surface area contributed by atoms with Crippen molar-refractivity contribution in [2.24, 2.45) is 0 Å². The summed E-state index contributed by atoms with van der Waals surface area (Å²) in [7, 11) is 0. The van der Waals surface area contributed by atoms with Gasteiger partial charge in [0, 0.05) is 6.54 Å². The Bertz CT molecular complexity index is 1050. The van der Waals surface area contributed by atoms with E-state index in [1.165, 1.54) is 4.90 Å². The molecule has 1 atom stereocenters. The molecule has 0 aliphatic rings. The van der Waals surface area contributed by atoms with Crippen molar-refractivity contribution in [2.45, 2.75) is 73.0 Å². The predicted octanol–water partition coefficient (Wildman–Crippen LogP) is 6.10. The van der Waals surface area contributed by atoms with Gasteiger partial charge in [0.25, 0.3) is 5.91 Å². The van der Waals surface area contributed by atoms with Crippen LogP contribution < -0.4 is 10.6 Å². The normalized spacial score (nSPS) is 12.0. The van der Waals surface area contributed by atoms with E-state index in [1.54, 1.807) is 26.8 Å². The van der Waals surface area contributed by atoms with Crippen molar-refractivity contribution in [3.05, 3.63) is 63.7 Å². The number of carbonyl (C=O) groups excluding carboxylic acids is 3. The number of rotatable bonds is 9. The number of hydrogen-bond acceptors (Lipinski definition) is 4. The van der Waals surface area contributed by atoms with Crippen LogP contribution in [0.25, 0.3) is 0 Å². The van der Waals surface area contributed by atoms with Gasteiger partial charge in [0.05, 0.1) is 10.7 Å². The summed E-state index contributed by atoms with van der Waals surface area (Å²) >= 11 is 6.39. The van der Waals surface area contributed by atoms with E-state index in [0.29, 0.717) is 23.7 Å². The highest BCUT2D eigenvalue weighted by atomic mass is 35.5. The Labute approximate surface area is 219 Å². The molecule has 0 heterocycles. The molecule has 2 aromatic carbocycles. The van der Waals surface area contributed by atoms with Gasteiger partial charge in [-0.3, -0.25) is 9.59 Å². The lowest BCUT2D eigenvalue weighted by atomic mass is 9.93. The quantitative estimate of drug-likeness (QED) is 0.422.